The maximum atomic E-state index is 14.0. The van der Waals surface area contributed by atoms with Crippen LogP contribution in [0.3, 0.4) is 0 Å². The molecule has 0 saturated heterocycles. The van der Waals surface area contributed by atoms with Gasteiger partial charge in [-0.25, -0.2) is 8.78 Å². The fourth-order valence-corrected chi connectivity index (χ4v) is 1.95. The van der Waals surface area contributed by atoms with Gasteiger partial charge in [0.05, 0.1) is 0 Å². The van der Waals surface area contributed by atoms with Crippen molar-refractivity contribution in [3.05, 3.63) is 34.4 Å². The molecule has 0 aliphatic rings. The first-order valence-electron chi connectivity index (χ1n) is 5.52. The van der Waals surface area contributed by atoms with E-state index in [0.29, 0.717) is 18.4 Å². The average molecular weight is 212 g/mol. The van der Waals surface area contributed by atoms with Gasteiger partial charge in [-0.1, -0.05) is 27.7 Å². The van der Waals surface area contributed by atoms with E-state index in [2.05, 4.69) is 0 Å². The Morgan fingerprint density at radius 3 is 2.13 bits per heavy atom. The molecular weight excluding hydrogens is 194 g/mol. The SMILES string of the molecule is CCc1cc(F)c(C(C)C)c(F)c1CC. The first-order chi connectivity index (χ1) is 7.02. The van der Waals surface area contributed by atoms with E-state index in [1.54, 1.807) is 0 Å². The van der Waals surface area contributed by atoms with Gasteiger partial charge in [0, 0.05) is 5.56 Å². The van der Waals surface area contributed by atoms with E-state index in [0.717, 1.165) is 5.56 Å². The summed E-state index contributed by atoms with van der Waals surface area (Å²) in [7, 11) is 0. The van der Waals surface area contributed by atoms with Crippen LogP contribution in [-0.2, 0) is 12.8 Å². The second kappa shape index (κ2) is 4.73. The Balaban J connectivity index is 3.44. The molecule has 0 aliphatic heterocycles. The minimum absolute atomic E-state index is 0.110. The standard InChI is InChI=1S/C13H18F2/c1-5-9-7-11(14)12(8(3)4)13(15)10(9)6-2/h7-8H,5-6H2,1-4H3. The van der Waals surface area contributed by atoms with Crippen molar-refractivity contribution in [2.45, 2.75) is 46.5 Å². The quantitative estimate of drug-likeness (QED) is 0.704. The zero-order valence-corrected chi connectivity index (χ0v) is 9.82. The molecule has 1 rings (SSSR count). The van der Waals surface area contributed by atoms with Crippen LogP contribution in [0, 0.1) is 11.6 Å². The smallest absolute Gasteiger partial charge is 0.133 e. The maximum absolute atomic E-state index is 14.0. The lowest BCUT2D eigenvalue weighted by atomic mass is 9.93. The van der Waals surface area contributed by atoms with Gasteiger partial charge < -0.3 is 0 Å². The minimum atomic E-state index is -0.406. The first kappa shape index (κ1) is 12.2. The van der Waals surface area contributed by atoms with E-state index in [4.69, 9.17) is 0 Å². The Bertz CT molecular complexity index is 354. The van der Waals surface area contributed by atoms with Crippen molar-refractivity contribution in [3.8, 4) is 0 Å². The molecule has 0 unspecified atom stereocenters. The van der Waals surface area contributed by atoms with E-state index in [1.165, 1.54) is 6.07 Å². The van der Waals surface area contributed by atoms with Gasteiger partial charge in [0.25, 0.3) is 0 Å². The largest absolute Gasteiger partial charge is 0.207 e. The monoisotopic (exact) mass is 212 g/mol. The summed E-state index contributed by atoms with van der Waals surface area (Å²) in [6.45, 7) is 7.45. The van der Waals surface area contributed by atoms with Crippen molar-refractivity contribution in [2.24, 2.45) is 0 Å². The van der Waals surface area contributed by atoms with E-state index in [1.807, 2.05) is 27.7 Å². The van der Waals surface area contributed by atoms with Crippen LogP contribution in [0.1, 0.15) is 50.3 Å². The molecular formula is C13H18F2. The van der Waals surface area contributed by atoms with Crippen LogP contribution < -0.4 is 0 Å². The van der Waals surface area contributed by atoms with Crippen molar-refractivity contribution < 1.29 is 8.78 Å². The number of halogens is 2. The molecule has 15 heavy (non-hydrogen) atoms. The second-order valence-electron chi connectivity index (χ2n) is 4.09. The fourth-order valence-electron chi connectivity index (χ4n) is 1.95. The molecule has 1 aromatic rings. The molecule has 0 amide bonds. The van der Waals surface area contributed by atoms with Crippen LogP contribution in [0.5, 0.6) is 0 Å². The van der Waals surface area contributed by atoms with Gasteiger partial charge in [-0.05, 0) is 36.0 Å². The molecule has 0 bridgehead atoms. The lowest BCUT2D eigenvalue weighted by Gasteiger charge is -2.15. The van der Waals surface area contributed by atoms with Gasteiger partial charge in [-0.2, -0.15) is 0 Å². The van der Waals surface area contributed by atoms with Crippen molar-refractivity contribution in [1.82, 2.24) is 0 Å². The highest BCUT2D eigenvalue weighted by Crippen LogP contribution is 2.27. The molecule has 2 heteroatoms. The normalized spacial score (nSPS) is 11.1. The predicted molar refractivity (Wildman–Crippen MR) is 59.2 cm³/mol. The molecule has 0 atom stereocenters. The number of benzene rings is 1. The third-order valence-corrected chi connectivity index (χ3v) is 2.76. The highest BCUT2D eigenvalue weighted by Gasteiger charge is 2.18. The molecule has 84 valence electrons. The van der Waals surface area contributed by atoms with Crippen molar-refractivity contribution in [1.29, 1.82) is 0 Å². The van der Waals surface area contributed by atoms with Crippen molar-refractivity contribution >= 4 is 0 Å². The summed E-state index contributed by atoms with van der Waals surface area (Å²) in [5, 5.41) is 0. The summed E-state index contributed by atoms with van der Waals surface area (Å²) in [6.07, 6.45) is 1.30. The van der Waals surface area contributed by atoms with Crippen LogP contribution in [0.15, 0.2) is 6.07 Å². The Labute approximate surface area is 90.3 Å². The van der Waals surface area contributed by atoms with Crippen molar-refractivity contribution in [2.75, 3.05) is 0 Å². The minimum Gasteiger partial charge on any atom is -0.207 e. The predicted octanol–water partition coefficient (Wildman–Crippen LogP) is 4.21. The van der Waals surface area contributed by atoms with Crippen LogP contribution >= 0.6 is 0 Å². The van der Waals surface area contributed by atoms with Crippen molar-refractivity contribution in [3.63, 3.8) is 0 Å². The van der Waals surface area contributed by atoms with Crippen LogP contribution in [0.4, 0.5) is 8.78 Å². The average Bonchev–Trinajstić information content (AvgIpc) is 2.16. The highest BCUT2D eigenvalue weighted by atomic mass is 19.1. The number of rotatable bonds is 3. The number of aryl methyl sites for hydroxylation is 1. The van der Waals surface area contributed by atoms with Gasteiger partial charge in [-0.3, -0.25) is 0 Å². The van der Waals surface area contributed by atoms with Gasteiger partial charge in [0.1, 0.15) is 11.6 Å². The summed E-state index contributed by atoms with van der Waals surface area (Å²) in [6, 6.07) is 1.48. The number of hydrogen-bond donors (Lipinski definition) is 0. The summed E-state index contributed by atoms with van der Waals surface area (Å²) in [5.74, 6) is -0.859. The van der Waals surface area contributed by atoms with E-state index in [-0.39, 0.29) is 17.3 Å². The number of hydrogen-bond acceptors (Lipinski definition) is 0. The summed E-state index contributed by atoms with van der Waals surface area (Å²) in [5.41, 5.74) is 1.68. The van der Waals surface area contributed by atoms with Gasteiger partial charge in [0.2, 0.25) is 0 Å². The molecule has 0 spiro atoms. The molecule has 0 aliphatic carbocycles. The molecule has 0 heterocycles. The lowest BCUT2D eigenvalue weighted by molar-refractivity contribution is 0.529. The third kappa shape index (κ3) is 2.19. The van der Waals surface area contributed by atoms with Crippen LogP contribution in [0.2, 0.25) is 0 Å². The van der Waals surface area contributed by atoms with E-state index in [9.17, 15) is 8.78 Å². The van der Waals surface area contributed by atoms with E-state index < -0.39 is 5.82 Å². The fraction of sp³-hybridized carbons (Fsp3) is 0.538. The zero-order valence-electron chi connectivity index (χ0n) is 9.82. The highest BCUT2D eigenvalue weighted by molar-refractivity contribution is 5.36. The molecule has 1 aromatic carbocycles. The summed E-state index contributed by atoms with van der Waals surface area (Å²) in [4.78, 5) is 0. The molecule has 0 fully saturated rings. The zero-order chi connectivity index (χ0) is 11.6. The summed E-state index contributed by atoms with van der Waals surface area (Å²) >= 11 is 0. The molecule has 0 aromatic heterocycles. The third-order valence-electron chi connectivity index (χ3n) is 2.76. The van der Waals surface area contributed by atoms with Gasteiger partial charge in [0.15, 0.2) is 0 Å². The molecule has 0 saturated carbocycles. The first-order valence-corrected chi connectivity index (χ1v) is 5.52. The van der Waals surface area contributed by atoms with Gasteiger partial charge in [-0.15, -0.1) is 0 Å². The van der Waals surface area contributed by atoms with Crippen LogP contribution in [0.25, 0.3) is 0 Å². The summed E-state index contributed by atoms with van der Waals surface area (Å²) < 4.78 is 27.6. The molecule has 0 N–H and O–H groups in total. The maximum Gasteiger partial charge on any atom is 0.133 e. The second-order valence-corrected chi connectivity index (χ2v) is 4.09. The Kier molecular flexibility index (Phi) is 3.83. The Hall–Kier alpha value is -0.920. The molecule has 0 radical (unpaired) electrons. The Morgan fingerprint density at radius 1 is 1.13 bits per heavy atom. The molecule has 0 nitrogen and oxygen atoms in total. The topological polar surface area (TPSA) is 0 Å². The van der Waals surface area contributed by atoms with E-state index >= 15 is 0 Å². The van der Waals surface area contributed by atoms with Crippen LogP contribution in [-0.4, -0.2) is 0 Å². The lowest BCUT2D eigenvalue weighted by Crippen LogP contribution is -2.06. The Morgan fingerprint density at radius 2 is 1.73 bits per heavy atom. The van der Waals surface area contributed by atoms with Gasteiger partial charge >= 0.3 is 0 Å².